The molecule has 3 nitrogen and oxygen atoms in total. The average molecular weight is 372 g/mol. The van der Waals surface area contributed by atoms with E-state index in [9.17, 15) is 0 Å². The van der Waals surface area contributed by atoms with E-state index >= 15 is 0 Å². The normalized spacial score (nSPS) is 10.5. The number of nitrogens with zero attached hydrogens (tertiary/aromatic N) is 1. The Morgan fingerprint density at radius 1 is 0.500 bits per heavy atom. The van der Waals surface area contributed by atoms with E-state index in [-0.39, 0.29) is 0 Å². The standard InChI is InChI=1S/C25H29N3/c1-16-7-17(2)11-22(10-16)26-25(27-23-12-18(3)8-19(4)13-23)28-24-14-20(5)9-21(6)15-24/h7-15H,1-6H3,(H2,26,27,28). The molecule has 0 radical (unpaired) electrons. The van der Waals surface area contributed by atoms with Gasteiger partial charge in [0.25, 0.3) is 0 Å². The smallest absolute Gasteiger partial charge is 0.205 e. The molecule has 0 saturated heterocycles. The molecule has 3 heteroatoms. The van der Waals surface area contributed by atoms with Gasteiger partial charge in [-0.25, -0.2) is 4.99 Å². The number of aliphatic imine (C=N–C) groups is 1. The fraction of sp³-hybridized carbons (Fsp3) is 0.240. The molecule has 0 heterocycles. The maximum atomic E-state index is 4.88. The van der Waals surface area contributed by atoms with Crippen molar-refractivity contribution >= 4 is 23.0 Å². The van der Waals surface area contributed by atoms with Gasteiger partial charge in [-0.1, -0.05) is 18.2 Å². The third-order valence-corrected chi connectivity index (χ3v) is 4.42. The number of aryl methyl sites for hydroxylation is 6. The van der Waals surface area contributed by atoms with E-state index in [1.807, 2.05) is 0 Å². The van der Waals surface area contributed by atoms with Gasteiger partial charge in [-0.2, -0.15) is 0 Å². The summed E-state index contributed by atoms with van der Waals surface area (Å²) in [5.41, 5.74) is 10.3. The van der Waals surface area contributed by atoms with Crippen LogP contribution < -0.4 is 10.6 Å². The Morgan fingerprint density at radius 3 is 1.18 bits per heavy atom. The zero-order valence-corrected chi connectivity index (χ0v) is 17.6. The topological polar surface area (TPSA) is 36.4 Å². The number of guanidine groups is 1. The maximum Gasteiger partial charge on any atom is 0.205 e. The van der Waals surface area contributed by atoms with E-state index in [0.717, 1.165) is 17.1 Å². The Hall–Kier alpha value is -3.07. The minimum atomic E-state index is 0.708. The predicted molar refractivity (Wildman–Crippen MR) is 122 cm³/mol. The summed E-state index contributed by atoms with van der Waals surface area (Å²) in [6, 6.07) is 19.2. The molecule has 144 valence electrons. The van der Waals surface area contributed by atoms with Crippen LogP contribution in [-0.2, 0) is 0 Å². The second kappa shape index (κ2) is 8.30. The van der Waals surface area contributed by atoms with Gasteiger partial charge in [0.05, 0.1) is 5.69 Å². The fourth-order valence-electron chi connectivity index (χ4n) is 3.60. The summed E-state index contributed by atoms with van der Waals surface area (Å²) in [6.45, 7) is 12.6. The quantitative estimate of drug-likeness (QED) is 0.395. The molecule has 3 aromatic rings. The molecule has 0 unspecified atom stereocenters. The molecule has 0 bridgehead atoms. The van der Waals surface area contributed by atoms with Crippen LogP contribution >= 0.6 is 0 Å². The van der Waals surface area contributed by atoms with Gasteiger partial charge in [-0.15, -0.1) is 0 Å². The molecule has 2 N–H and O–H groups in total. The first-order chi connectivity index (χ1) is 13.3. The number of rotatable bonds is 3. The maximum absolute atomic E-state index is 4.88. The van der Waals surface area contributed by atoms with E-state index in [2.05, 4.69) is 107 Å². The van der Waals surface area contributed by atoms with Crippen molar-refractivity contribution in [3.05, 3.63) is 88.0 Å². The molecule has 0 aliphatic rings. The van der Waals surface area contributed by atoms with E-state index in [1.54, 1.807) is 0 Å². The van der Waals surface area contributed by atoms with Crippen molar-refractivity contribution in [3.63, 3.8) is 0 Å². The van der Waals surface area contributed by atoms with E-state index in [0.29, 0.717) is 5.96 Å². The Morgan fingerprint density at radius 2 is 0.821 bits per heavy atom. The Balaban J connectivity index is 2.00. The van der Waals surface area contributed by atoms with Crippen LogP contribution in [0.3, 0.4) is 0 Å². The minimum Gasteiger partial charge on any atom is -0.326 e. The molecule has 3 rings (SSSR count). The third kappa shape index (κ3) is 5.46. The van der Waals surface area contributed by atoms with Crippen molar-refractivity contribution in [1.29, 1.82) is 0 Å². The lowest BCUT2D eigenvalue weighted by Gasteiger charge is -2.15. The van der Waals surface area contributed by atoms with Crippen LogP contribution in [0.1, 0.15) is 33.4 Å². The summed E-state index contributed by atoms with van der Waals surface area (Å²) in [4.78, 5) is 4.88. The summed E-state index contributed by atoms with van der Waals surface area (Å²) in [5, 5.41) is 6.95. The lowest BCUT2D eigenvalue weighted by Crippen LogP contribution is -2.22. The summed E-state index contributed by atoms with van der Waals surface area (Å²) in [7, 11) is 0. The Bertz CT molecular complexity index is 916. The average Bonchev–Trinajstić information content (AvgIpc) is 2.51. The van der Waals surface area contributed by atoms with Crippen LogP contribution in [-0.4, -0.2) is 5.96 Å². The summed E-state index contributed by atoms with van der Waals surface area (Å²) in [5.74, 6) is 0.708. The first-order valence-electron chi connectivity index (χ1n) is 9.64. The monoisotopic (exact) mass is 371 g/mol. The van der Waals surface area contributed by atoms with Crippen molar-refractivity contribution in [2.75, 3.05) is 10.6 Å². The third-order valence-electron chi connectivity index (χ3n) is 4.42. The fourth-order valence-corrected chi connectivity index (χ4v) is 3.60. The first kappa shape index (κ1) is 19.7. The van der Waals surface area contributed by atoms with Gasteiger partial charge in [-0.3, -0.25) is 0 Å². The number of anilines is 2. The van der Waals surface area contributed by atoms with Gasteiger partial charge in [0, 0.05) is 11.4 Å². The van der Waals surface area contributed by atoms with Gasteiger partial charge in [0.1, 0.15) is 0 Å². The number of hydrogen-bond donors (Lipinski definition) is 2. The van der Waals surface area contributed by atoms with Crippen LogP contribution in [0.2, 0.25) is 0 Å². The van der Waals surface area contributed by atoms with Crippen LogP contribution in [0, 0.1) is 41.5 Å². The van der Waals surface area contributed by atoms with Crippen molar-refractivity contribution in [2.24, 2.45) is 4.99 Å². The zero-order chi connectivity index (χ0) is 20.3. The molecular formula is C25H29N3. The molecule has 0 fully saturated rings. The molecule has 0 aliphatic carbocycles. The van der Waals surface area contributed by atoms with Crippen molar-refractivity contribution in [3.8, 4) is 0 Å². The first-order valence-corrected chi connectivity index (χ1v) is 9.64. The number of nitrogens with one attached hydrogen (secondary N) is 2. The van der Waals surface area contributed by atoms with Gasteiger partial charge in [0.15, 0.2) is 0 Å². The molecular weight excluding hydrogens is 342 g/mol. The molecule has 0 atom stereocenters. The summed E-state index contributed by atoms with van der Waals surface area (Å²) in [6.07, 6.45) is 0. The highest BCUT2D eigenvalue weighted by molar-refractivity contribution is 6.05. The number of hydrogen-bond acceptors (Lipinski definition) is 1. The second-order valence-corrected chi connectivity index (χ2v) is 7.81. The summed E-state index contributed by atoms with van der Waals surface area (Å²) >= 11 is 0. The minimum absolute atomic E-state index is 0.708. The molecule has 3 aromatic carbocycles. The lowest BCUT2D eigenvalue weighted by molar-refractivity contribution is 1.34. The highest BCUT2D eigenvalue weighted by Crippen LogP contribution is 2.21. The van der Waals surface area contributed by atoms with E-state index < -0.39 is 0 Å². The molecule has 0 amide bonds. The van der Waals surface area contributed by atoms with Gasteiger partial charge in [0.2, 0.25) is 5.96 Å². The van der Waals surface area contributed by atoms with E-state index in [1.165, 1.54) is 33.4 Å². The van der Waals surface area contributed by atoms with Gasteiger partial charge < -0.3 is 10.6 Å². The SMILES string of the molecule is Cc1cc(C)cc(N=C(Nc2cc(C)cc(C)c2)Nc2cc(C)cc(C)c2)c1. The van der Waals surface area contributed by atoms with Crippen molar-refractivity contribution < 1.29 is 0 Å². The Kier molecular flexibility index (Phi) is 5.84. The number of benzene rings is 3. The van der Waals surface area contributed by atoms with Crippen LogP contribution in [0.25, 0.3) is 0 Å². The van der Waals surface area contributed by atoms with Crippen molar-refractivity contribution in [1.82, 2.24) is 0 Å². The molecule has 0 saturated carbocycles. The largest absolute Gasteiger partial charge is 0.326 e. The van der Waals surface area contributed by atoms with Gasteiger partial charge >= 0.3 is 0 Å². The lowest BCUT2D eigenvalue weighted by atomic mass is 10.1. The molecule has 0 spiro atoms. The highest BCUT2D eigenvalue weighted by atomic mass is 15.2. The predicted octanol–water partition coefficient (Wildman–Crippen LogP) is 6.75. The zero-order valence-electron chi connectivity index (χ0n) is 17.6. The molecule has 0 aliphatic heterocycles. The highest BCUT2D eigenvalue weighted by Gasteiger charge is 2.06. The van der Waals surface area contributed by atoms with Crippen LogP contribution in [0.5, 0.6) is 0 Å². The Labute approximate surface area is 168 Å². The summed E-state index contributed by atoms with van der Waals surface area (Å²) < 4.78 is 0. The molecule has 0 aromatic heterocycles. The van der Waals surface area contributed by atoms with E-state index in [4.69, 9.17) is 4.99 Å². The van der Waals surface area contributed by atoms with Crippen molar-refractivity contribution in [2.45, 2.75) is 41.5 Å². The molecule has 28 heavy (non-hydrogen) atoms. The second-order valence-electron chi connectivity index (χ2n) is 7.81. The van der Waals surface area contributed by atoms with Crippen LogP contribution in [0.4, 0.5) is 17.1 Å². The van der Waals surface area contributed by atoms with Gasteiger partial charge in [-0.05, 0) is 111 Å². The van der Waals surface area contributed by atoms with Crippen LogP contribution in [0.15, 0.2) is 59.6 Å².